The lowest BCUT2D eigenvalue weighted by Crippen LogP contribution is -2.35. The van der Waals surface area contributed by atoms with Gasteiger partial charge in [0.15, 0.2) is 0 Å². The highest BCUT2D eigenvalue weighted by atomic mass is 16.5. The fourth-order valence-corrected chi connectivity index (χ4v) is 1.31. The fourth-order valence-electron chi connectivity index (χ4n) is 1.31. The fraction of sp³-hybridized carbons (Fsp3) is 0.333. The first-order valence-electron chi connectivity index (χ1n) is 4.91. The summed E-state index contributed by atoms with van der Waals surface area (Å²) >= 11 is 0. The Bertz CT molecular complexity index is 407. The van der Waals surface area contributed by atoms with E-state index in [1.54, 1.807) is 0 Å². The molecule has 1 aromatic rings. The van der Waals surface area contributed by atoms with E-state index in [0.29, 0.717) is 12.5 Å². The third kappa shape index (κ3) is 1.91. The molecule has 1 heterocycles. The van der Waals surface area contributed by atoms with Gasteiger partial charge in [0.25, 0.3) is 5.91 Å². The van der Waals surface area contributed by atoms with Gasteiger partial charge in [-0.05, 0) is 26.0 Å². The summed E-state index contributed by atoms with van der Waals surface area (Å²) in [6, 6.07) is 9.46. The minimum atomic E-state index is -0.502. The molecule has 0 spiro atoms. The van der Waals surface area contributed by atoms with Crippen LogP contribution in [0.5, 0.6) is 0 Å². The molecule has 0 bridgehead atoms. The Balaban J connectivity index is 2.31. The Morgan fingerprint density at radius 3 is 2.53 bits per heavy atom. The summed E-state index contributed by atoms with van der Waals surface area (Å²) in [7, 11) is 0. The summed E-state index contributed by atoms with van der Waals surface area (Å²) in [5.74, 6) is 0.313. The minimum absolute atomic E-state index is 0.118. The van der Waals surface area contributed by atoms with Crippen molar-refractivity contribution < 1.29 is 9.53 Å². The first-order valence-corrected chi connectivity index (χ1v) is 4.91. The van der Waals surface area contributed by atoms with Crippen molar-refractivity contribution >= 4 is 11.8 Å². The highest BCUT2D eigenvalue weighted by Gasteiger charge is 2.33. The molecule has 1 aliphatic heterocycles. The molecule has 1 aromatic carbocycles. The molecule has 0 atom stereocenters. The van der Waals surface area contributed by atoms with E-state index in [2.05, 4.69) is 4.99 Å². The Kier molecular flexibility index (Phi) is 2.31. The van der Waals surface area contributed by atoms with E-state index >= 15 is 0 Å². The Labute approximate surface area is 88.8 Å². The zero-order valence-electron chi connectivity index (χ0n) is 8.86. The molecule has 2 rings (SSSR count). The summed E-state index contributed by atoms with van der Waals surface area (Å²) < 4.78 is 5.48. The zero-order chi connectivity index (χ0) is 10.9. The third-order valence-corrected chi connectivity index (χ3v) is 2.37. The van der Waals surface area contributed by atoms with E-state index in [4.69, 9.17) is 4.74 Å². The maximum Gasteiger partial charge on any atom is 0.258 e. The van der Waals surface area contributed by atoms with Gasteiger partial charge < -0.3 is 4.74 Å². The molecule has 0 fully saturated rings. The van der Waals surface area contributed by atoms with Gasteiger partial charge in [-0.3, -0.25) is 4.79 Å². The van der Waals surface area contributed by atoms with Crippen LogP contribution in [0.25, 0.3) is 0 Å². The monoisotopic (exact) mass is 203 g/mol. The summed E-state index contributed by atoms with van der Waals surface area (Å²) in [4.78, 5) is 15.6. The van der Waals surface area contributed by atoms with Crippen LogP contribution in [-0.4, -0.2) is 18.4 Å². The molecule has 15 heavy (non-hydrogen) atoms. The van der Waals surface area contributed by atoms with Gasteiger partial charge >= 0.3 is 0 Å². The summed E-state index contributed by atoms with van der Waals surface area (Å²) in [5, 5.41) is 0. The van der Waals surface area contributed by atoms with Crippen LogP contribution in [0.4, 0.5) is 0 Å². The van der Waals surface area contributed by atoms with Crippen LogP contribution in [-0.2, 0) is 9.53 Å². The molecule has 78 valence electrons. The molecule has 0 radical (unpaired) electrons. The quantitative estimate of drug-likeness (QED) is 0.700. The molecule has 0 saturated heterocycles. The third-order valence-electron chi connectivity index (χ3n) is 2.37. The predicted molar refractivity (Wildman–Crippen MR) is 57.7 cm³/mol. The molecule has 1 amide bonds. The molecule has 0 N–H and O–H groups in total. The second-order valence-corrected chi connectivity index (χ2v) is 4.26. The number of carbonyl (C=O) groups is 1. The van der Waals surface area contributed by atoms with Crippen LogP contribution < -0.4 is 0 Å². The van der Waals surface area contributed by atoms with Crippen LogP contribution in [0.15, 0.2) is 35.3 Å². The maximum atomic E-state index is 11.6. The van der Waals surface area contributed by atoms with Gasteiger partial charge in [0.2, 0.25) is 5.90 Å². The van der Waals surface area contributed by atoms with Crippen LogP contribution in [0.3, 0.4) is 0 Å². The van der Waals surface area contributed by atoms with Crippen LogP contribution >= 0.6 is 0 Å². The van der Waals surface area contributed by atoms with Crippen molar-refractivity contribution in [3.05, 3.63) is 35.9 Å². The van der Waals surface area contributed by atoms with E-state index in [-0.39, 0.29) is 5.91 Å². The summed E-state index contributed by atoms with van der Waals surface area (Å²) in [6.45, 7) is 4.06. The van der Waals surface area contributed by atoms with Crippen LogP contribution in [0, 0.1) is 5.41 Å². The van der Waals surface area contributed by atoms with Gasteiger partial charge in [0.1, 0.15) is 6.61 Å². The normalized spacial score (nSPS) is 19.3. The molecule has 0 unspecified atom stereocenters. The Hall–Kier alpha value is -1.64. The van der Waals surface area contributed by atoms with E-state index in [1.165, 1.54) is 0 Å². The standard InChI is InChI=1S/C12H13NO2/c1-12(2)8-15-10(13-11(12)14)9-6-4-3-5-7-9/h3-7H,8H2,1-2H3. The molecule has 0 saturated carbocycles. The van der Waals surface area contributed by atoms with Crippen LogP contribution in [0.2, 0.25) is 0 Å². The van der Waals surface area contributed by atoms with Crippen molar-refractivity contribution in [2.45, 2.75) is 13.8 Å². The molecule has 0 aliphatic carbocycles. The van der Waals surface area contributed by atoms with Gasteiger partial charge in [-0.25, -0.2) is 0 Å². The lowest BCUT2D eigenvalue weighted by Gasteiger charge is -2.26. The number of amides is 1. The number of nitrogens with zero attached hydrogens (tertiary/aromatic N) is 1. The molecular weight excluding hydrogens is 190 g/mol. The van der Waals surface area contributed by atoms with E-state index < -0.39 is 5.41 Å². The van der Waals surface area contributed by atoms with Crippen LogP contribution in [0.1, 0.15) is 19.4 Å². The molecule has 0 aromatic heterocycles. The predicted octanol–water partition coefficient (Wildman–Crippen LogP) is 2.02. The maximum absolute atomic E-state index is 11.6. The van der Waals surface area contributed by atoms with Gasteiger partial charge in [-0.15, -0.1) is 0 Å². The average Bonchev–Trinajstić information content (AvgIpc) is 2.23. The Morgan fingerprint density at radius 1 is 1.27 bits per heavy atom. The topological polar surface area (TPSA) is 38.7 Å². The number of aliphatic imine (C=N–C) groups is 1. The second kappa shape index (κ2) is 3.50. The number of hydrogen-bond donors (Lipinski definition) is 0. The highest BCUT2D eigenvalue weighted by molar-refractivity contribution is 6.04. The molecule has 3 heteroatoms. The van der Waals surface area contributed by atoms with Crippen molar-refractivity contribution in [2.75, 3.05) is 6.61 Å². The van der Waals surface area contributed by atoms with Crippen molar-refractivity contribution in [3.8, 4) is 0 Å². The number of hydrogen-bond acceptors (Lipinski definition) is 2. The smallest absolute Gasteiger partial charge is 0.258 e. The second-order valence-electron chi connectivity index (χ2n) is 4.26. The van der Waals surface area contributed by atoms with E-state index in [1.807, 2.05) is 44.2 Å². The van der Waals surface area contributed by atoms with Crippen molar-refractivity contribution in [1.29, 1.82) is 0 Å². The number of ether oxygens (including phenoxy) is 1. The van der Waals surface area contributed by atoms with Gasteiger partial charge in [0.05, 0.1) is 5.41 Å². The first-order chi connectivity index (χ1) is 7.09. The van der Waals surface area contributed by atoms with Gasteiger partial charge in [0, 0.05) is 5.56 Å². The van der Waals surface area contributed by atoms with E-state index in [9.17, 15) is 4.79 Å². The largest absolute Gasteiger partial charge is 0.476 e. The minimum Gasteiger partial charge on any atom is -0.476 e. The molecule has 3 nitrogen and oxygen atoms in total. The average molecular weight is 203 g/mol. The number of carbonyl (C=O) groups excluding carboxylic acids is 1. The lowest BCUT2D eigenvalue weighted by atomic mass is 9.93. The Morgan fingerprint density at radius 2 is 1.93 bits per heavy atom. The SMILES string of the molecule is CC1(C)COC(c2ccccc2)=NC1=O. The zero-order valence-corrected chi connectivity index (χ0v) is 8.86. The van der Waals surface area contributed by atoms with Gasteiger partial charge in [-0.2, -0.15) is 4.99 Å². The summed E-state index contributed by atoms with van der Waals surface area (Å²) in [5.41, 5.74) is 0.347. The van der Waals surface area contributed by atoms with Gasteiger partial charge in [-0.1, -0.05) is 18.2 Å². The first kappa shape index (κ1) is 9.90. The lowest BCUT2D eigenvalue weighted by molar-refractivity contribution is -0.128. The number of benzene rings is 1. The van der Waals surface area contributed by atoms with Crippen molar-refractivity contribution in [2.24, 2.45) is 10.4 Å². The number of rotatable bonds is 1. The molecular formula is C12H13NO2. The van der Waals surface area contributed by atoms with Crippen molar-refractivity contribution in [1.82, 2.24) is 0 Å². The molecule has 1 aliphatic rings. The van der Waals surface area contributed by atoms with Crippen molar-refractivity contribution in [3.63, 3.8) is 0 Å². The summed E-state index contributed by atoms with van der Waals surface area (Å²) in [6.07, 6.45) is 0. The highest BCUT2D eigenvalue weighted by Crippen LogP contribution is 2.23. The van der Waals surface area contributed by atoms with E-state index in [0.717, 1.165) is 5.56 Å².